The van der Waals surface area contributed by atoms with Crippen molar-refractivity contribution in [2.75, 3.05) is 0 Å². The van der Waals surface area contributed by atoms with E-state index in [1.54, 1.807) is 0 Å². The summed E-state index contributed by atoms with van der Waals surface area (Å²) in [6.45, 7) is 0. The minimum Gasteiger partial charge on any atom is -0.192 e. The van der Waals surface area contributed by atoms with Gasteiger partial charge in [-0.25, -0.2) is 0 Å². The number of nitriles is 1. The van der Waals surface area contributed by atoms with Crippen molar-refractivity contribution in [1.82, 2.24) is 0 Å². The van der Waals surface area contributed by atoms with Gasteiger partial charge in [0.2, 0.25) is 0 Å². The normalized spacial score (nSPS) is 22.1. The average Bonchev–Trinajstić information content (AvgIpc) is 2.48. The van der Waals surface area contributed by atoms with Crippen LogP contribution in [0.4, 0.5) is 8.78 Å². The minimum absolute atomic E-state index is 0.495. The zero-order valence-electron chi connectivity index (χ0n) is 11.5. The number of nitrogens with zero attached hydrogens (tertiary/aromatic N) is 1. The van der Waals surface area contributed by atoms with Gasteiger partial charge >= 0.3 is 0 Å². The number of halogens is 2. The highest BCUT2D eigenvalue weighted by atomic mass is 19.3. The molecule has 20 heavy (non-hydrogen) atoms. The number of allylic oxidation sites excluding steroid dienone is 1. The maximum atomic E-state index is 12.0. The number of hydrogen-bond donors (Lipinski definition) is 0. The molecule has 0 amide bonds. The fourth-order valence-electron chi connectivity index (χ4n) is 3.04. The first kappa shape index (κ1) is 14.7. The molecule has 0 spiro atoms. The Hall–Kier alpha value is -1.69. The van der Waals surface area contributed by atoms with Crippen molar-refractivity contribution in [3.05, 3.63) is 47.5 Å². The van der Waals surface area contributed by atoms with Crippen molar-refractivity contribution in [3.8, 4) is 6.07 Å². The van der Waals surface area contributed by atoms with E-state index in [1.165, 1.54) is 5.56 Å². The molecule has 1 aliphatic rings. The second kappa shape index (κ2) is 7.19. The van der Waals surface area contributed by atoms with Crippen LogP contribution in [0.1, 0.15) is 55.6 Å². The van der Waals surface area contributed by atoms with E-state index >= 15 is 0 Å². The maximum Gasteiger partial charge on any atom is 0.266 e. The van der Waals surface area contributed by atoms with E-state index in [2.05, 4.69) is 6.07 Å². The maximum absolute atomic E-state index is 12.0. The molecular formula is C17H19F2N. The van der Waals surface area contributed by atoms with Crippen LogP contribution in [0.3, 0.4) is 0 Å². The lowest BCUT2D eigenvalue weighted by Gasteiger charge is -2.28. The highest BCUT2D eigenvalue weighted by Gasteiger charge is 2.21. The Morgan fingerprint density at radius 2 is 1.80 bits per heavy atom. The van der Waals surface area contributed by atoms with Crippen LogP contribution in [0, 0.1) is 17.2 Å². The predicted molar refractivity (Wildman–Crippen MR) is 75.4 cm³/mol. The van der Waals surface area contributed by atoms with Crippen LogP contribution in [0.25, 0.3) is 0 Å². The van der Waals surface area contributed by atoms with Crippen LogP contribution in [-0.4, -0.2) is 0 Å². The topological polar surface area (TPSA) is 23.8 Å². The summed E-state index contributed by atoms with van der Waals surface area (Å²) in [6, 6.07) is 9.97. The number of benzene rings is 1. The molecule has 1 aliphatic carbocycles. The molecule has 1 fully saturated rings. The zero-order chi connectivity index (χ0) is 14.4. The van der Waals surface area contributed by atoms with E-state index in [9.17, 15) is 8.78 Å². The SMILES string of the molecule is N#Cc1ccc([C@H]2CC[C@H](CCC=C(F)F)CC2)cc1. The van der Waals surface area contributed by atoms with E-state index < -0.39 is 6.08 Å². The standard InChI is InChI=1S/C17H19F2N/c18-17(19)3-1-2-13-4-8-15(9-5-13)16-10-6-14(12-20)7-11-16/h3,6-7,10-11,13,15H,1-2,4-5,8-9H2/t13-,15-. The number of rotatable bonds is 4. The predicted octanol–water partition coefficient (Wildman–Crippen LogP) is 5.39. The fraction of sp³-hybridized carbons (Fsp3) is 0.471. The summed E-state index contributed by atoms with van der Waals surface area (Å²) in [5, 5.41) is 8.79. The lowest BCUT2D eigenvalue weighted by Crippen LogP contribution is -2.13. The van der Waals surface area contributed by atoms with Gasteiger partial charge in [0.05, 0.1) is 11.6 Å². The first-order chi connectivity index (χ1) is 9.69. The van der Waals surface area contributed by atoms with Gasteiger partial charge < -0.3 is 0 Å². The van der Waals surface area contributed by atoms with Crippen LogP contribution in [-0.2, 0) is 0 Å². The van der Waals surface area contributed by atoms with Gasteiger partial charge in [0.1, 0.15) is 0 Å². The van der Waals surface area contributed by atoms with Gasteiger partial charge in [-0.2, -0.15) is 14.0 Å². The quantitative estimate of drug-likeness (QED) is 0.722. The first-order valence-electron chi connectivity index (χ1n) is 7.20. The second-order valence-electron chi connectivity index (χ2n) is 5.52. The summed E-state index contributed by atoms with van der Waals surface area (Å²) >= 11 is 0. The van der Waals surface area contributed by atoms with Crippen molar-refractivity contribution in [2.45, 2.75) is 44.4 Å². The summed E-state index contributed by atoms with van der Waals surface area (Å²) in [6.07, 6.45) is 5.32. The van der Waals surface area contributed by atoms with Gasteiger partial charge in [-0.3, -0.25) is 0 Å². The summed E-state index contributed by atoms with van der Waals surface area (Å²) in [5.74, 6) is 1.15. The second-order valence-corrected chi connectivity index (χ2v) is 5.52. The zero-order valence-corrected chi connectivity index (χ0v) is 11.5. The molecular weight excluding hydrogens is 256 g/mol. The highest BCUT2D eigenvalue weighted by molar-refractivity contribution is 5.33. The summed E-state index contributed by atoms with van der Waals surface area (Å²) in [5.41, 5.74) is 2.00. The molecule has 1 aromatic carbocycles. The summed E-state index contributed by atoms with van der Waals surface area (Å²) < 4.78 is 23.9. The van der Waals surface area contributed by atoms with Crippen molar-refractivity contribution in [1.29, 1.82) is 5.26 Å². The Labute approximate surface area is 118 Å². The molecule has 1 saturated carbocycles. The van der Waals surface area contributed by atoms with E-state index in [4.69, 9.17) is 5.26 Å². The highest BCUT2D eigenvalue weighted by Crippen LogP contribution is 2.37. The number of hydrogen-bond acceptors (Lipinski definition) is 1. The van der Waals surface area contributed by atoms with Gasteiger partial charge in [0.15, 0.2) is 0 Å². The van der Waals surface area contributed by atoms with E-state index in [-0.39, 0.29) is 0 Å². The average molecular weight is 275 g/mol. The fourth-order valence-corrected chi connectivity index (χ4v) is 3.04. The third kappa shape index (κ3) is 4.16. The molecule has 0 saturated heterocycles. The van der Waals surface area contributed by atoms with Crippen LogP contribution in [0.5, 0.6) is 0 Å². The van der Waals surface area contributed by atoms with Gasteiger partial charge in [-0.1, -0.05) is 12.1 Å². The van der Waals surface area contributed by atoms with Crippen LogP contribution in [0.15, 0.2) is 36.4 Å². The van der Waals surface area contributed by atoms with Gasteiger partial charge in [-0.15, -0.1) is 0 Å². The lowest BCUT2D eigenvalue weighted by molar-refractivity contribution is 0.310. The monoisotopic (exact) mass is 275 g/mol. The van der Waals surface area contributed by atoms with Crippen molar-refractivity contribution < 1.29 is 8.78 Å². The summed E-state index contributed by atoms with van der Waals surface area (Å²) in [4.78, 5) is 0. The third-order valence-corrected chi connectivity index (χ3v) is 4.23. The summed E-state index contributed by atoms with van der Waals surface area (Å²) in [7, 11) is 0. The molecule has 0 bridgehead atoms. The van der Waals surface area contributed by atoms with E-state index in [1.807, 2.05) is 24.3 Å². The Bertz CT molecular complexity index is 487. The molecule has 0 radical (unpaired) electrons. The van der Waals surface area contributed by atoms with E-state index in [0.29, 0.717) is 23.8 Å². The molecule has 2 rings (SSSR count). The molecule has 0 aliphatic heterocycles. The lowest BCUT2D eigenvalue weighted by atomic mass is 9.77. The molecule has 1 nitrogen and oxygen atoms in total. The molecule has 0 atom stereocenters. The third-order valence-electron chi connectivity index (χ3n) is 4.23. The van der Waals surface area contributed by atoms with Crippen molar-refractivity contribution in [3.63, 3.8) is 0 Å². The minimum atomic E-state index is -1.56. The van der Waals surface area contributed by atoms with Gasteiger partial charge in [-0.05, 0) is 74.1 Å². The van der Waals surface area contributed by atoms with E-state index in [0.717, 1.165) is 38.2 Å². The van der Waals surface area contributed by atoms with Crippen molar-refractivity contribution in [2.24, 2.45) is 5.92 Å². The Kier molecular flexibility index (Phi) is 5.29. The molecule has 0 N–H and O–H groups in total. The largest absolute Gasteiger partial charge is 0.266 e. The van der Waals surface area contributed by atoms with Crippen molar-refractivity contribution >= 4 is 0 Å². The first-order valence-corrected chi connectivity index (χ1v) is 7.20. The molecule has 0 unspecified atom stereocenters. The molecule has 0 heterocycles. The smallest absolute Gasteiger partial charge is 0.192 e. The Morgan fingerprint density at radius 1 is 1.15 bits per heavy atom. The Morgan fingerprint density at radius 3 is 2.35 bits per heavy atom. The van der Waals surface area contributed by atoms with Gasteiger partial charge in [0.25, 0.3) is 6.08 Å². The van der Waals surface area contributed by atoms with Gasteiger partial charge in [0, 0.05) is 0 Å². The van der Waals surface area contributed by atoms with Crippen LogP contribution < -0.4 is 0 Å². The molecule has 3 heteroatoms. The molecule has 106 valence electrons. The molecule has 0 aromatic heterocycles. The Balaban J connectivity index is 1.81. The van der Waals surface area contributed by atoms with Crippen LogP contribution in [0.2, 0.25) is 0 Å². The van der Waals surface area contributed by atoms with Crippen LogP contribution >= 0.6 is 0 Å². The molecule has 1 aromatic rings.